The lowest BCUT2D eigenvalue weighted by molar-refractivity contribution is -0.142. The molecule has 18 heavy (non-hydrogen) atoms. The molecule has 0 unspecified atom stereocenters. The zero-order valence-electron chi connectivity index (χ0n) is 9.92. The van der Waals surface area contributed by atoms with E-state index in [9.17, 15) is 9.59 Å². The number of nitrogens with one attached hydrogen (secondary N) is 2. The Hall–Kier alpha value is -2.16. The summed E-state index contributed by atoms with van der Waals surface area (Å²) in [5.74, 6) is -0.460. The standard InChI is InChI=1S/C9H15N5O4/c1-14(4-7-11-6-12-13-7)9(17)10-2-3-18-5-8(15)16/h6H,2-5H2,1H3,(H,10,17)(H,15,16)(H,11,12,13). The Morgan fingerprint density at radius 2 is 2.39 bits per heavy atom. The maximum absolute atomic E-state index is 11.5. The molecule has 1 rings (SSSR count). The maximum Gasteiger partial charge on any atom is 0.329 e. The van der Waals surface area contributed by atoms with Crippen LogP contribution in [0.15, 0.2) is 6.33 Å². The minimum absolute atomic E-state index is 0.147. The molecule has 0 aromatic carbocycles. The van der Waals surface area contributed by atoms with Crippen molar-refractivity contribution in [2.24, 2.45) is 0 Å². The van der Waals surface area contributed by atoms with E-state index in [0.29, 0.717) is 12.4 Å². The Labute approximate surface area is 103 Å². The van der Waals surface area contributed by atoms with Crippen LogP contribution in [0, 0.1) is 0 Å². The van der Waals surface area contributed by atoms with E-state index in [1.807, 2.05) is 0 Å². The molecule has 9 nitrogen and oxygen atoms in total. The lowest BCUT2D eigenvalue weighted by Crippen LogP contribution is -2.38. The van der Waals surface area contributed by atoms with Gasteiger partial charge in [-0.25, -0.2) is 14.6 Å². The van der Waals surface area contributed by atoms with Crippen molar-refractivity contribution in [1.29, 1.82) is 0 Å². The number of H-pyrrole nitrogens is 1. The molecule has 1 aromatic heterocycles. The van der Waals surface area contributed by atoms with Gasteiger partial charge in [-0.3, -0.25) is 5.10 Å². The molecule has 0 saturated carbocycles. The number of amides is 2. The van der Waals surface area contributed by atoms with Gasteiger partial charge in [-0.2, -0.15) is 5.10 Å². The SMILES string of the molecule is CN(Cc1ncn[nH]1)C(=O)NCCOCC(=O)O. The van der Waals surface area contributed by atoms with Gasteiger partial charge in [0, 0.05) is 13.6 Å². The van der Waals surface area contributed by atoms with E-state index in [-0.39, 0.29) is 25.8 Å². The van der Waals surface area contributed by atoms with E-state index in [0.717, 1.165) is 0 Å². The lowest BCUT2D eigenvalue weighted by atomic mass is 10.5. The van der Waals surface area contributed by atoms with Crippen LogP contribution in [-0.2, 0) is 16.1 Å². The average molecular weight is 257 g/mol. The molecule has 0 aliphatic heterocycles. The lowest BCUT2D eigenvalue weighted by Gasteiger charge is -2.16. The first-order chi connectivity index (χ1) is 8.59. The van der Waals surface area contributed by atoms with Crippen LogP contribution in [0.3, 0.4) is 0 Å². The number of aliphatic carboxylic acids is 1. The van der Waals surface area contributed by atoms with Crippen molar-refractivity contribution in [2.75, 3.05) is 26.8 Å². The first-order valence-corrected chi connectivity index (χ1v) is 5.22. The largest absolute Gasteiger partial charge is 0.480 e. The molecule has 1 heterocycles. The molecule has 0 spiro atoms. The molecule has 2 amide bonds. The minimum atomic E-state index is -1.04. The third kappa shape index (κ3) is 5.25. The fourth-order valence-corrected chi connectivity index (χ4v) is 1.13. The summed E-state index contributed by atoms with van der Waals surface area (Å²) in [7, 11) is 1.61. The van der Waals surface area contributed by atoms with Gasteiger partial charge in [-0.1, -0.05) is 0 Å². The summed E-state index contributed by atoms with van der Waals surface area (Å²) in [6.45, 7) is 0.326. The second-order valence-electron chi connectivity index (χ2n) is 3.47. The van der Waals surface area contributed by atoms with E-state index in [4.69, 9.17) is 9.84 Å². The molecule has 9 heteroatoms. The summed E-state index contributed by atoms with van der Waals surface area (Å²) in [6.07, 6.45) is 1.36. The molecular formula is C9H15N5O4. The number of carboxylic acid groups (broad SMARTS) is 1. The zero-order chi connectivity index (χ0) is 13.4. The second kappa shape index (κ2) is 7.22. The number of aromatic amines is 1. The highest BCUT2D eigenvalue weighted by Crippen LogP contribution is 1.93. The van der Waals surface area contributed by atoms with Gasteiger partial charge in [0.2, 0.25) is 0 Å². The average Bonchev–Trinajstić information content (AvgIpc) is 2.80. The topological polar surface area (TPSA) is 120 Å². The first-order valence-electron chi connectivity index (χ1n) is 5.22. The van der Waals surface area contributed by atoms with Crippen LogP contribution < -0.4 is 5.32 Å². The smallest absolute Gasteiger partial charge is 0.329 e. The highest BCUT2D eigenvalue weighted by Gasteiger charge is 2.09. The van der Waals surface area contributed by atoms with Gasteiger partial charge in [0.15, 0.2) is 0 Å². The van der Waals surface area contributed by atoms with Crippen molar-refractivity contribution in [2.45, 2.75) is 6.54 Å². The fourth-order valence-electron chi connectivity index (χ4n) is 1.13. The summed E-state index contributed by atoms with van der Waals surface area (Å²) in [5, 5.41) is 17.2. The monoisotopic (exact) mass is 257 g/mol. The Morgan fingerprint density at radius 1 is 1.61 bits per heavy atom. The molecule has 0 aliphatic carbocycles. The summed E-state index contributed by atoms with van der Waals surface area (Å²) < 4.78 is 4.77. The van der Waals surface area contributed by atoms with Gasteiger partial charge < -0.3 is 20.1 Å². The molecular weight excluding hydrogens is 242 g/mol. The predicted molar refractivity (Wildman–Crippen MR) is 59.7 cm³/mol. The Bertz CT molecular complexity index is 380. The number of rotatable bonds is 7. The Morgan fingerprint density at radius 3 is 3.00 bits per heavy atom. The predicted octanol–water partition coefficient (Wildman–Crippen LogP) is -0.953. The molecule has 1 aromatic rings. The van der Waals surface area contributed by atoms with Gasteiger partial charge in [0.05, 0.1) is 13.2 Å². The Kier molecular flexibility index (Phi) is 5.58. The van der Waals surface area contributed by atoms with E-state index < -0.39 is 5.97 Å². The number of carboxylic acids is 1. The fraction of sp³-hybridized carbons (Fsp3) is 0.556. The van der Waals surface area contributed by atoms with Crippen molar-refractivity contribution in [3.05, 3.63) is 12.2 Å². The molecule has 0 radical (unpaired) electrons. The minimum Gasteiger partial charge on any atom is -0.480 e. The Balaban J connectivity index is 2.14. The quantitative estimate of drug-likeness (QED) is 0.541. The maximum atomic E-state index is 11.5. The van der Waals surface area contributed by atoms with Crippen molar-refractivity contribution in [3.63, 3.8) is 0 Å². The van der Waals surface area contributed by atoms with Gasteiger partial charge in [-0.15, -0.1) is 0 Å². The number of nitrogens with zero attached hydrogens (tertiary/aromatic N) is 3. The molecule has 0 saturated heterocycles. The zero-order valence-corrected chi connectivity index (χ0v) is 9.92. The summed E-state index contributed by atoms with van der Waals surface area (Å²) in [5.41, 5.74) is 0. The second-order valence-corrected chi connectivity index (χ2v) is 3.47. The third-order valence-electron chi connectivity index (χ3n) is 1.95. The first kappa shape index (κ1) is 13.9. The van der Waals surface area contributed by atoms with Crippen molar-refractivity contribution < 1.29 is 19.4 Å². The molecule has 0 atom stereocenters. The van der Waals surface area contributed by atoms with Crippen molar-refractivity contribution in [3.8, 4) is 0 Å². The number of aromatic nitrogens is 3. The molecule has 100 valence electrons. The molecule has 3 N–H and O–H groups in total. The molecule has 0 fully saturated rings. The number of carbonyl (C=O) groups is 2. The van der Waals surface area contributed by atoms with Gasteiger partial charge in [0.1, 0.15) is 18.8 Å². The molecule has 0 aliphatic rings. The van der Waals surface area contributed by atoms with Crippen LogP contribution in [-0.4, -0.2) is 64.0 Å². The summed E-state index contributed by atoms with van der Waals surface area (Å²) >= 11 is 0. The molecule has 0 bridgehead atoms. The summed E-state index contributed by atoms with van der Waals surface area (Å²) in [6, 6.07) is -0.301. The number of hydrogen-bond acceptors (Lipinski definition) is 5. The van der Waals surface area contributed by atoms with Crippen LogP contribution in [0.25, 0.3) is 0 Å². The highest BCUT2D eigenvalue weighted by molar-refractivity contribution is 5.73. The van der Waals surface area contributed by atoms with Crippen LogP contribution >= 0.6 is 0 Å². The van der Waals surface area contributed by atoms with Crippen LogP contribution in [0.2, 0.25) is 0 Å². The van der Waals surface area contributed by atoms with E-state index in [1.165, 1.54) is 11.2 Å². The number of carbonyl (C=O) groups excluding carboxylic acids is 1. The van der Waals surface area contributed by atoms with Crippen LogP contribution in [0.1, 0.15) is 5.82 Å². The highest BCUT2D eigenvalue weighted by atomic mass is 16.5. The normalized spacial score (nSPS) is 10.1. The van der Waals surface area contributed by atoms with Gasteiger partial charge in [0.25, 0.3) is 0 Å². The van der Waals surface area contributed by atoms with Gasteiger partial charge >= 0.3 is 12.0 Å². The number of urea groups is 1. The number of ether oxygens (including phenoxy) is 1. The van der Waals surface area contributed by atoms with Crippen LogP contribution in [0.4, 0.5) is 4.79 Å². The summed E-state index contributed by atoms with van der Waals surface area (Å²) in [4.78, 5) is 27.0. The van der Waals surface area contributed by atoms with E-state index in [2.05, 4.69) is 20.5 Å². The number of hydrogen-bond donors (Lipinski definition) is 3. The van der Waals surface area contributed by atoms with E-state index in [1.54, 1.807) is 7.05 Å². The third-order valence-corrected chi connectivity index (χ3v) is 1.95. The van der Waals surface area contributed by atoms with E-state index >= 15 is 0 Å². The van der Waals surface area contributed by atoms with Crippen molar-refractivity contribution >= 4 is 12.0 Å². The van der Waals surface area contributed by atoms with Crippen LogP contribution in [0.5, 0.6) is 0 Å². The van der Waals surface area contributed by atoms with Crippen molar-refractivity contribution in [1.82, 2.24) is 25.4 Å². The van der Waals surface area contributed by atoms with Gasteiger partial charge in [-0.05, 0) is 0 Å².